The third kappa shape index (κ3) is 6.06. The van der Waals surface area contributed by atoms with E-state index in [4.69, 9.17) is 4.74 Å². The second-order valence-electron chi connectivity index (χ2n) is 8.37. The fourth-order valence-electron chi connectivity index (χ4n) is 3.57. The highest BCUT2D eigenvalue weighted by Gasteiger charge is 2.30. The molecule has 0 aliphatic carbocycles. The topological polar surface area (TPSA) is 116 Å². The molecule has 2 aliphatic heterocycles. The van der Waals surface area contributed by atoms with Gasteiger partial charge in [0.25, 0.3) is 0 Å². The van der Waals surface area contributed by atoms with Crippen molar-refractivity contribution in [3.05, 3.63) is 24.3 Å². The van der Waals surface area contributed by atoms with E-state index in [1.165, 1.54) is 32.9 Å². The molecule has 12 heteroatoms. The van der Waals surface area contributed by atoms with Crippen LogP contribution in [-0.4, -0.2) is 102 Å². The third-order valence-corrected chi connectivity index (χ3v) is 9.30. The zero-order valence-corrected chi connectivity index (χ0v) is 20.2. The second kappa shape index (κ2) is 10.6. The molecule has 1 N–H and O–H groups in total. The van der Waals surface area contributed by atoms with Gasteiger partial charge in [-0.25, -0.2) is 16.8 Å². The largest absolute Gasteiger partial charge is 0.379 e. The summed E-state index contributed by atoms with van der Waals surface area (Å²) in [5.74, 6) is 0.309. The number of nitrogens with zero attached hydrogens (tertiary/aromatic N) is 3. The Morgan fingerprint density at radius 3 is 1.81 bits per heavy atom. The van der Waals surface area contributed by atoms with Crippen molar-refractivity contribution in [2.24, 2.45) is 5.92 Å². The van der Waals surface area contributed by atoms with Gasteiger partial charge < -0.3 is 10.1 Å². The number of ether oxygens (including phenoxy) is 1. The van der Waals surface area contributed by atoms with Crippen molar-refractivity contribution in [2.45, 2.75) is 23.6 Å². The fourth-order valence-corrected chi connectivity index (χ4v) is 6.40. The highest BCUT2D eigenvalue weighted by Crippen LogP contribution is 2.22. The Kier molecular flexibility index (Phi) is 8.28. The van der Waals surface area contributed by atoms with Crippen molar-refractivity contribution in [1.29, 1.82) is 0 Å². The molecule has 10 nitrogen and oxygen atoms in total. The summed E-state index contributed by atoms with van der Waals surface area (Å²) in [4.78, 5) is 14.1. The van der Waals surface area contributed by atoms with Gasteiger partial charge in [-0.3, -0.25) is 9.69 Å². The minimum absolute atomic E-state index is 0.0570. The highest BCUT2D eigenvalue weighted by molar-refractivity contribution is 7.89. The maximum absolute atomic E-state index is 13.0. The van der Waals surface area contributed by atoms with Crippen molar-refractivity contribution in [3.63, 3.8) is 0 Å². The number of rotatable bonds is 8. The van der Waals surface area contributed by atoms with Gasteiger partial charge in [0.1, 0.15) is 0 Å². The first-order chi connectivity index (χ1) is 15.1. The predicted octanol–water partition coefficient (Wildman–Crippen LogP) is -0.214. The van der Waals surface area contributed by atoms with Crippen LogP contribution < -0.4 is 5.32 Å². The van der Waals surface area contributed by atoms with Crippen molar-refractivity contribution in [2.75, 3.05) is 65.6 Å². The van der Waals surface area contributed by atoms with Crippen LogP contribution in [0.2, 0.25) is 0 Å². The lowest BCUT2D eigenvalue weighted by Crippen LogP contribution is -2.51. The molecular weight excluding hydrogens is 456 g/mol. The van der Waals surface area contributed by atoms with Gasteiger partial charge in [0.15, 0.2) is 0 Å². The summed E-state index contributed by atoms with van der Waals surface area (Å²) < 4.78 is 59.4. The van der Waals surface area contributed by atoms with Crippen molar-refractivity contribution >= 4 is 26.0 Å². The number of carbonyl (C=O) groups is 1. The monoisotopic (exact) mass is 488 g/mol. The van der Waals surface area contributed by atoms with E-state index in [-0.39, 0.29) is 48.4 Å². The predicted molar refractivity (Wildman–Crippen MR) is 119 cm³/mol. The normalized spacial score (nSPS) is 19.8. The lowest BCUT2D eigenvalue weighted by atomic mass is 10.2. The number of nitrogens with one attached hydrogen (secondary N) is 1. The molecule has 0 bridgehead atoms. The third-order valence-electron chi connectivity index (χ3n) is 5.48. The van der Waals surface area contributed by atoms with Gasteiger partial charge >= 0.3 is 0 Å². The maximum Gasteiger partial charge on any atom is 0.243 e. The molecule has 1 aromatic rings. The Bertz CT molecular complexity index is 981. The van der Waals surface area contributed by atoms with Crippen molar-refractivity contribution in [3.8, 4) is 0 Å². The van der Waals surface area contributed by atoms with E-state index in [9.17, 15) is 21.6 Å². The Labute approximate surface area is 190 Å². The van der Waals surface area contributed by atoms with Crippen LogP contribution >= 0.6 is 0 Å². The summed E-state index contributed by atoms with van der Waals surface area (Å²) in [5, 5.41) is 2.87. The molecule has 2 fully saturated rings. The first-order valence-corrected chi connectivity index (χ1v) is 13.7. The average molecular weight is 489 g/mol. The summed E-state index contributed by atoms with van der Waals surface area (Å²) in [6.07, 6.45) is 0. The fraction of sp³-hybridized carbons (Fsp3) is 0.650. The molecule has 0 atom stereocenters. The van der Waals surface area contributed by atoms with E-state index in [2.05, 4.69) is 5.32 Å². The number of amides is 1. The number of hydrogen-bond acceptors (Lipinski definition) is 7. The molecule has 0 radical (unpaired) electrons. The van der Waals surface area contributed by atoms with Crippen LogP contribution in [0.4, 0.5) is 0 Å². The quantitative estimate of drug-likeness (QED) is 0.538. The highest BCUT2D eigenvalue weighted by atomic mass is 32.2. The van der Waals surface area contributed by atoms with E-state index in [0.29, 0.717) is 38.8 Å². The van der Waals surface area contributed by atoms with Gasteiger partial charge in [0.2, 0.25) is 26.0 Å². The first kappa shape index (κ1) is 25.1. The Balaban J connectivity index is 1.59. The molecule has 0 unspecified atom stereocenters. The lowest BCUT2D eigenvalue weighted by molar-refractivity contribution is -0.122. The number of hydrogen-bond donors (Lipinski definition) is 1. The van der Waals surface area contributed by atoms with Gasteiger partial charge in [-0.1, -0.05) is 13.8 Å². The van der Waals surface area contributed by atoms with Crippen molar-refractivity contribution < 1.29 is 26.4 Å². The van der Waals surface area contributed by atoms with E-state index in [1.54, 1.807) is 0 Å². The Morgan fingerprint density at radius 1 is 0.875 bits per heavy atom. The smallest absolute Gasteiger partial charge is 0.243 e. The molecule has 2 aliphatic rings. The summed E-state index contributed by atoms with van der Waals surface area (Å²) in [6, 6.07) is 5.36. The Morgan fingerprint density at radius 2 is 1.34 bits per heavy atom. The van der Waals surface area contributed by atoms with Crippen LogP contribution in [0.5, 0.6) is 0 Å². The summed E-state index contributed by atoms with van der Waals surface area (Å²) in [6.45, 7) is 7.61. The molecule has 0 spiro atoms. The molecule has 3 rings (SSSR count). The summed E-state index contributed by atoms with van der Waals surface area (Å²) in [5.41, 5.74) is 0. The molecule has 2 heterocycles. The second-order valence-corrected chi connectivity index (χ2v) is 12.2. The zero-order valence-electron chi connectivity index (χ0n) is 18.6. The van der Waals surface area contributed by atoms with Gasteiger partial charge in [0, 0.05) is 45.8 Å². The summed E-state index contributed by atoms with van der Waals surface area (Å²) >= 11 is 0. The van der Waals surface area contributed by atoms with Crippen LogP contribution in [-0.2, 0) is 29.6 Å². The van der Waals surface area contributed by atoms with Crippen LogP contribution in [0.15, 0.2) is 34.1 Å². The molecular formula is C20H32N4O6S2. The summed E-state index contributed by atoms with van der Waals surface area (Å²) in [7, 11) is -7.42. The van der Waals surface area contributed by atoms with Gasteiger partial charge in [-0.15, -0.1) is 0 Å². The van der Waals surface area contributed by atoms with Gasteiger partial charge in [-0.2, -0.15) is 8.61 Å². The molecule has 2 saturated heterocycles. The molecule has 0 saturated carbocycles. The minimum atomic E-state index is -3.74. The standard InChI is InChI=1S/C20H32N4O6S2/c1-17(2)15-21-20(25)16-22-7-9-23(10-8-22)31(26,27)18-3-5-19(6-4-18)32(28,29)24-11-13-30-14-12-24/h3-6,17H,7-16H2,1-2H3,(H,21,25). The number of piperazine rings is 1. The van der Waals surface area contributed by atoms with Crippen LogP contribution in [0, 0.1) is 5.92 Å². The van der Waals surface area contributed by atoms with Gasteiger partial charge in [-0.05, 0) is 30.2 Å². The van der Waals surface area contributed by atoms with Crippen LogP contribution in [0.1, 0.15) is 13.8 Å². The molecule has 1 aromatic carbocycles. The maximum atomic E-state index is 13.0. The molecule has 1 amide bonds. The van der Waals surface area contributed by atoms with E-state index < -0.39 is 20.0 Å². The average Bonchev–Trinajstić information content (AvgIpc) is 2.79. The number of benzene rings is 1. The van der Waals surface area contributed by atoms with Crippen LogP contribution in [0.3, 0.4) is 0 Å². The SMILES string of the molecule is CC(C)CNC(=O)CN1CCN(S(=O)(=O)c2ccc(S(=O)(=O)N3CCOCC3)cc2)CC1. The van der Waals surface area contributed by atoms with E-state index in [0.717, 1.165) is 0 Å². The van der Waals surface area contributed by atoms with Gasteiger partial charge in [0.05, 0.1) is 29.5 Å². The van der Waals surface area contributed by atoms with Crippen molar-refractivity contribution in [1.82, 2.24) is 18.8 Å². The zero-order chi connectivity index (χ0) is 23.4. The van der Waals surface area contributed by atoms with Crippen LogP contribution in [0.25, 0.3) is 0 Å². The molecule has 0 aromatic heterocycles. The first-order valence-electron chi connectivity index (χ1n) is 10.8. The van der Waals surface area contributed by atoms with E-state index >= 15 is 0 Å². The molecule has 32 heavy (non-hydrogen) atoms. The number of morpholine rings is 1. The Hall–Kier alpha value is -1.57. The minimum Gasteiger partial charge on any atom is -0.379 e. The van der Waals surface area contributed by atoms with E-state index in [1.807, 2.05) is 18.7 Å². The lowest BCUT2D eigenvalue weighted by Gasteiger charge is -2.33. The number of sulfonamides is 2. The number of carbonyl (C=O) groups excluding carboxylic acids is 1. The molecule has 180 valence electrons.